The van der Waals surface area contributed by atoms with E-state index >= 15 is 0 Å². The van der Waals surface area contributed by atoms with Gasteiger partial charge in [-0.3, -0.25) is 0 Å². The first-order chi connectivity index (χ1) is 12.5. The van der Waals surface area contributed by atoms with Gasteiger partial charge in [0.15, 0.2) is 5.58 Å². The second-order valence-corrected chi connectivity index (χ2v) is 8.38. The molecule has 8 heteroatoms. The van der Waals surface area contributed by atoms with Crippen molar-refractivity contribution in [1.82, 2.24) is 9.71 Å². The van der Waals surface area contributed by atoms with Gasteiger partial charge in [0.1, 0.15) is 10.4 Å². The molecule has 1 atom stereocenters. The predicted octanol–water partition coefficient (Wildman–Crippen LogP) is 3.43. The van der Waals surface area contributed by atoms with Crippen LogP contribution in [0.1, 0.15) is 12.8 Å². The lowest BCUT2D eigenvalue weighted by atomic mass is 10.2. The Morgan fingerprint density at radius 1 is 1.19 bits per heavy atom. The Morgan fingerprint density at radius 2 is 1.96 bits per heavy atom. The maximum absolute atomic E-state index is 12.5. The Labute approximate surface area is 156 Å². The van der Waals surface area contributed by atoms with Crippen LogP contribution in [-0.2, 0) is 10.0 Å². The molecule has 136 valence electrons. The van der Waals surface area contributed by atoms with E-state index in [4.69, 9.17) is 16.0 Å². The van der Waals surface area contributed by atoms with Gasteiger partial charge >= 0.3 is 0 Å². The second kappa shape index (κ2) is 6.90. The minimum atomic E-state index is -3.67. The molecule has 0 saturated carbocycles. The second-order valence-electron chi connectivity index (χ2n) is 6.24. The number of halogens is 1. The quantitative estimate of drug-likeness (QED) is 0.721. The van der Waals surface area contributed by atoms with E-state index in [-0.39, 0.29) is 22.5 Å². The molecule has 26 heavy (non-hydrogen) atoms. The highest BCUT2D eigenvalue weighted by Crippen LogP contribution is 2.28. The molecule has 0 radical (unpaired) electrons. The molecule has 6 nitrogen and oxygen atoms in total. The van der Waals surface area contributed by atoms with Crippen molar-refractivity contribution >= 4 is 38.7 Å². The molecule has 1 aliphatic rings. The zero-order valence-electron chi connectivity index (χ0n) is 13.9. The molecule has 0 amide bonds. The number of aromatic nitrogens is 1. The number of hydrogen-bond acceptors (Lipinski definition) is 5. The lowest BCUT2D eigenvalue weighted by Crippen LogP contribution is -2.40. The Morgan fingerprint density at radius 3 is 2.77 bits per heavy atom. The first-order valence-corrected chi connectivity index (χ1v) is 10.3. The van der Waals surface area contributed by atoms with Crippen LogP contribution in [0.2, 0.25) is 5.02 Å². The molecular weight excluding hydrogens is 374 g/mol. The van der Waals surface area contributed by atoms with E-state index in [1.807, 2.05) is 29.2 Å². The Bertz CT molecular complexity index is 1000. The van der Waals surface area contributed by atoms with Crippen LogP contribution >= 0.6 is 11.6 Å². The van der Waals surface area contributed by atoms with Crippen molar-refractivity contribution in [2.45, 2.75) is 23.8 Å². The monoisotopic (exact) mass is 391 g/mol. The van der Waals surface area contributed by atoms with Gasteiger partial charge in [-0.05, 0) is 37.1 Å². The van der Waals surface area contributed by atoms with Crippen molar-refractivity contribution in [2.75, 3.05) is 18.0 Å². The average molecular weight is 392 g/mol. The van der Waals surface area contributed by atoms with Crippen LogP contribution in [-0.4, -0.2) is 32.5 Å². The van der Waals surface area contributed by atoms with Crippen LogP contribution in [0.3, 0.4) is 0 Å². The zero-order chi connectivity index (χ0) is 18.1. The summed E-state index contributed by atoms with van der Waals surface area (Å²) < 4.78 is 33.6. The van der Waals surface area contributed by atoms with Crippen LogP contribution in [0.4, 0.5) is 6.01 Å². The summed E-state index contributed by atoms with van der Waals surface area (Å²) in [6.45, 7) is 1.05. The molecule has 4 rings (SSSR count). The first kappa shape index (κ1) is 17.3. The fourth-order valence-corrected chi connectivity index (χ4v) is 4.82. The largest absolute Gasteiger partial charge is 0.423 e. The highest BCUT2D eigenvalue weighted by molar-refractivity contribution is 7.89. The molecule has 1 saturated heterocycles. The number of fused-ring (bicyclic) bond motifs is 1. The van der Waals surface area contributed by atoms with Gasteiger partial charge in [0, 0.05) is 19.1 Å². The fraction of sp³-hybridized carbons (Fsp3) is 0.278. The summed E-state index contributed by atoms with van der Waals surface area (Å²) in [7, 11) is -3.67. The van der Waals surface area contributed by atoms with Gasteiger partial charge in [0.2, 0.25) is 10.0 Å². The summed E-state index contributed by atoms with van der Waals surface area (Å²) in [4.78, 5) is 6.64. The molecule has 1 aromatic heterocycles. The minimum absolute atomic E-state index is 0.0136. The average Bonchev–Trinajstić information content (AvgIpc) is 3.26. The number of benzene rings is 2. The van der Waals surface area contributed by atoms with Gasteiger partial charge in [0.05, 0.1) is 5.02 Å². The summed E-state index contributed by atoms with van der Waals surface area (Å²) in [5.74, 6) is 0. The highest BCUT2D eigenvalue weighted by atomic mass is 35.5. The highest BCUT2D eigenvalue weighted by Gasteiger charge is 2.30. The van der Waals surface area contributed by atoms with Gasteiger partial charge in [-0.1, -0.05) is 35.9 Å². The Kier molecular flexibility index (Phi) is 4.60. The maximum atomic E-state index is 12.5. The normalized spacial score (nSPS) is 17.9. The molecule has 0 aliphatic carbocycles. The molecule has 0 bridgehead atoms. The van der Waals surface area contributed by atoms with E-state index in [1.165, 1.54) is 6.07 Å². The topological polar surface area (TPSA) is 75.4 Å². The maximum Gasteiger partial charge on any atom is 0.298 e. The number of rotatable bonds is 5. The van der Waals surface area contributed by atoms with Crippen molar-refractivity contribution in [3.8, 4) is 0 Å². The number of para-hydroxylation sites is 2. The van der Waals surface area contributed by atoms with Crippen molar-refractivity contribution in [3.63, 3.8) is 0 Å². The summed E-state index contributed by atoms with van der Waals surface area (Å²) >= 11 is 6.02. The van der Waals surface area contributed by atoms with E-state index < -0.39 is 10.0 Å². The van der Waals surface area contributed by atoms with Gasteiger partial charge in [0.25, 0.3) is 6.01 Å². The van der Waals surface area contributed by atoms with Crippen LogP contribution in [0.25, 0.3) is 11.1 Å². The SMILES string of the molecule is O=S(=O)(NCC1CCCN1c1nc2ccccc2o1)c1ccccc1Cl. The van der Waals surface area contributed by atoms with Crippen LogP contribution in [0.15, 0.2) is 57.8 Å². The zero-order valence-corrected chi connectivity index (χ0v) is 15.5. The molecule has 0 spiro atoms. The third-order valence-corrected chi connectivity index (χ3v) is 6.46. The fourth-order valence-electron chi connectivity index (χ4n) is 3.23. The molecule has 1 fully saturated rings. The summed E-state index contributed by atoms with van der Waals surface area (Å²) in [6.07, 6.45) is 1.82. The van der Waals surface area contributed by atoms with E-state index in [0.29, 0.717) is 6.01 Å². The van der Waals surface area contributed by atoms with Crippen molar-refractivity contribution in [3.05, 3.63) is 53.6 Å². The van der Waals surface area contributed by atoms with Gasteiger partial charge in [-0.15, -0.1) is 0 Å². The van der Waals surface area contributed by atoms with E-state index in [9.17, 15) is 8.42 Å². The number of anilines is 1. The molecule has 1 N–H and O–H groups in total. The predicted molar refractivity (Wildman–Crippen MR) is 101 cm³/mol. The number of nitrogens with zero attached hydrogens (tertiary/aromatic N) is 2. The Balaban J connectivity index is 1.51. The molecule has 3 aromatic rings. The standard InChI is InChI=1S/C18H18ClN3O3S/c19-14-7-1-4-10-17(14)26(23,24)20-12-13-6-5-11-22(13)18-21-15-8-2-3-9-16(15)25-18/h1-4,7-10,13,20H,5-6,11-12H2. The number of oxazole rings is 1. The molecule has 2 heterocycles. The van der Waals surface area contributed by atoms with Gasteiger partial charge in [-0.2, -0.15) is 4.98 Å². The number of sulfonamides is 1. The van der Waals surface area contributed by atoms with Gasteiger partial charge in [-0.25, -0.2) is 13.1 Å². The number of hydrogen-bond donors (Lipinski definition) is 1. The van der Waals surface area contributed by atoms with Gasteiger partial charge < -0.3 is 9.32 Å². The van der Waals surface area contributed by atoms with E-state index in [0.717, 1.165) is 30.5 Å². The molecular formula is C18H18ClN3O3S. The minimum Gasteiger partial charge on any atom is -0.423 e. The third-order valence-electron chi connectivity index (χ3n) is 4.54. The third kappa shape index (κ3) is 3.30. The van der Waals surface area contributed by atoms with E-state index in [2.05, 4.69) is 9.71 Å². The lowest BCUT2D eigenvalue weighted by Gasteiger charge is -2.23. The van der Waals surface area contributed by atoms with Crippen LogP contribution in [0.5, 0.6) is 0 Å². The van der Waals surface area contributed by atoms with Crippen LogP contribution < -0.4 is 9.62 Å². The summed E-state index contributed by atoms with van der Waals surface area (Å²) in [5.41, 5.74) is 1.52. The lowest BCUT2D eigenvalue weighted by molar-refractivity contribution is 0.534. The smallest absolute Gasteiger partial charge is 0.298 e. The molecule has 1 aliphatic heterocycles. The van der Waals surface area contributed by atoms with Crippen molar-refractivity contribution in [1.29, 1.82) is 0 Å². The summed E-state index contributed by atoms with van der Waals surface area (Å²) in [6, 6.07) is 14.5. The summed E-state index contributed by atoms with van der Waals surface area (Å²) in [5, 5.41) is 0.210. The molecule has 1 unspecified atom stereocenters. The van der Waals surface area contributed by atoms with Crippen molar-refractivity contribution in [2.24, 2.45) is 0 Å². The Hall–Kier alpha value is -2.09. The van der Waals surface area contributed by atoms with Crippen LogP contribution in [0, 0.1) is 0 Å². The van der Waals surface area contributed by atoms with Crippen molar-refractivity contribution < 1.29 is 12.8 Å². The molecule has 2 aromatic carbocycles. The van der Waals surface area contributed by atoms with E-state index in [1.54, 1.807) is 18.2 Å². The first-order valence-electron chi connectivity index (χ1n) is 8.41. The number of nitrogens with one attached hydrogen (secondary N) is 1.